The molecule has 0 fully saturated rings. The highest BCUT2D eigenvalue weighted by Gasteiger charge is 2.18. The lowest BCUT2D eigenvalue weighted by Crippen LogP contribution is -2.01. The van der Waals surface area contributed by atoms with E-state index in [0.29, 0.717) is 17.4 Å². The third-order valence-electron chi connectivity index (χ3n) is 3.43. The lowest BCUT2D eigenvalue weighted by molar-refractivity contribution is 0.429. The SMILES string of the molecule is Cc1nc(CC(C)C)cc(-c2nc(-c3cc(F)c(O)cc3Cl)no2)n1. The van der Waals surface area contributed by atoms with Gasteiger partial charge in [0, 0.05) is 17.3 Å². The van der Waals surface area contributed by atoms with Crippen molar-refractivity contribution < 1.29 is 14.0 Å². The van der Waals surface area contributed by atoms with Gasteiger partial charge in [-0.3, -0.25) is 0 Å². The van der Waals surface area contributed by atoms with E-state index in [2.05, 4.69) is 34.0 Å². The molecule has 2 heterocycles. The molecule has 0 aliphatic heterocycles. The minimum absolute atomic E-state index is 0.112. The smallest absolute Gasteiger partial charge is 0.276 e. The van der Waals surface area contributed by atoms with Gasteiger partial charge in [0.25, 0.3) is 5.89 Å². The van der Waals surface area contributed by atoms with Crippen LogP contribution >= 0.6 is 11.6 Å². The van der Waals surface area contributed by atoms with Gasteiger partial charge in [-0.15, -0.1) is 0 Å². The fourth-order valence-electron chi connectivity index (χ4n) is 2.41. The number of halogens is 2. The monoisotopic (exact) mass is 362 g/mol. The number of aromatic hydroxyl groups is 1. The summed E-state index contributed by atoms with van der Waals surface area (Å²) in [6, 6.07) is 3.95. The lowest BCUT2D eigenvalue weighted by Gasteiger charge is -2.05. The van der Waals surface area contributed by atoms with Crippen molar-refractivity contribution in [2.24, 2.45) is 5.92 Å². The van der Waals surface area contributed by atoms with Crippen LogP contribution in [0.25, 0.3) is 23.0 Å². The molecule has 1 N–H and O–H groups in total. The number of aryl methyl sites for hydroxylation is 1. The minimum Gasteiger partial charge on any atom is -0.505 e. The molecule has 0 aliphatic rings. The molecule has 130 valence electrons. The van der Waals surface area contributed by atoms with Crippen molar-refractivity contribution in [2.45, 2.75) is 27.2 Å². The molecule has 1 aromatic carbocycles. The molecule has 0 saturated heterocycles. The van der Waals surface area contributed by atoms with Crippen LogP contribution < -0.4 is 0 Å². The van der Waals surface area contributed by atoms with E-state index >= 15 is 0 Å². The molecule has 2 aromatic heterocycles. The van der Waals surface area contributed by atoms with Gasteiger partial charge < -0.3 is 9.63 Å². The second-order valence-electron chi connectivity index (χ2n) is 6.10. The maximum absolute atomic E-state index is 13.6. The summed E-state index contributed by atoms with van der Waals surface area (Å²) in [4.78, 5) is 13.0. The molecule has 0 saturated carbocycles. The fourth-order valence-corrected chi connectivity index (χ4v) is 2.65. The molecular weight excluding hydrogens is 347 g/mol. The average molecular weight is 363 g/mol. The zero-order valence-corrected chi connectivity index (χ0v) is 14.7. The van der Waals surface area contributed by atoms with Crippen LogP contribution in [0.5, 0.6) is 5.75 Å². The first kappa shape index (κ1) is 17.3. The molecule has 0 radical (unpaired) electrons. The summed E-state index contributed by atoms with van der Waals surface area (Å²) in [6.07, 6.45) is 0.798. The lowest BCUT2D eigenvalue weighted by atomic mass is 10.1. The van der Waals surface area contributed by atoms with Crippen molar-refractivity contribution in [2.75, 3.05) is 0 Å². The summed E-state index contributed by atoms with van der Waals surface area (Å²) in [5.74, 6) is -0.0125. The predicted molar refractivity (Wildman–Crippen MR) is 90.7 cm³/mol. The molecule has 0 bridgehead atoms. The highest BCUT2D eigenvalue weighted by molar-refractivity contribution is 6.33. The average Bonchev–Trinajstić information content (AvgIpc) is 2.99. The zero-order chi connectivity index (χ0) is 18.1. The molecular formula is C17H16ClFN4O2. The van der Waals surface area contributed by atoms with E-state index in [0.717, 1.165) is 24.2 Å². The van der Waals surface area contributed by atoms with E-state index < -0.39 is 11.6 Å². The van der Waals surface area contributed by atoms with Gasteiger partial charge in [0.05, 0.1) is 5.02 Å². The highest BCUT2D eigenvalue weighted by Crippen LogP contribution is 2.32. The Bertz CT molecular complexity index is 927. The summed E-state index contributed by atoms with van der Waals surface area (Å²) < 4.78 is 18.8. The maximum atomic E-state index is 13.6. The summed E-state index contributed by atoms with van der Waals surface area (Å²) in [7, 11) is 0. The number of nitrogens with zero attached hydrogens (tertiary/aromatic N) is 4. The maximum Gasteiger partial charge on any atom is 0.276 e. The van der Waals surface area contributed by atoms with E-state index in [1.165, 1.54) is 0 Å². The Morgan fingerprint density at radius 3 is 2.68 bits per heavy atom. The summed E-state index contributed by atoms with van der Waals surface area (Å²) in [5.41, 5.74) is 1.60. The van der Waals surface area contributed by atoms with Crippen LogP contribution in [0.2, 0.25) is 5.02 Å². The van der Waals surface area contributed by atoms with Gasteiger partial charge in [-0.1, -0.05) is 30.6 Å². The number of phenolic OH excluding ortho intramolecular Hbond substituents is 1. The molecule has 0 atom stereocenters. The first-order valence-electron chi connectivity index (χ1n) is 7.70. The minimum atomic E-state index is -0.817. The Morgan fingerprint density at radius 1 is 1.20 bits per heavy atom. The topological polar surface area (TPSA) is 84.9 Å². The first-order valence-corrected chi connectivity index (χ1v) is 8.08. The predicted octanol–water partition coefficient (Wildman–Crippen LogP) is 4.20. The van der Waals surface area contributed by atoms with Crippen molar-refractivity contribution >= 4 is 11.6 Å². The zero-order valence-electron chi connectivity index (χ0n) is 13.9. The molecule has 0 unspecified atom stereocenters. The van der Waals surface area contributed by atoms with Crippen molar-refractivity contribution in [3.63, 3.8) is 0 Å². The molecule has 8 heteroatoms. The molecule has 25 heavy (non-hydrogen) atoms. The van der Waals surface area contributed by atoms with Gasteiger partial charge in [-0.05, 0) is 31.4 Å². The van der Waals surface area contributed by atoms with Crippen LogP contribution in [0.15, 0.2) is 22.7 Å². The molecule has 3 rings (SSSR count). The van der Waals surface area contributed by atoms with E-state index in [-0.39, 0.29) is 22.3 Å². The number of benzene rings is 1. The third-order valence-corrected chi connectivity index (χ3v) is 3.74. The van der Waals surface area contributed by atoms with Crippen LogP contribution in [0.4, 0.5) is 4.39 Å². The number of hydrogen-bond acceptors (Lipinski definition) is 6. The van der Waals surface area contributed by atoms with Crippen LogP contribution in [0.3, 0.4) is 0 Å². The van der Waals surface area contributed by atoms with E-state index in [4.69, 9.17) is 16.1 Å². The fraction of sp³-hybridized carbons (Fsp3) is 0.294. The first-order chi connectivity index (χ1) is 11.8. The second kappa shape index (κ2) is 6.76. The van der Waals surface area contributed by atoms with E-state index in [1.54, 1.807) is 13.0 Å². The largest absolute Gasteiger partial charge is 0.505 e. The highest BCUT2D eigenvalue weighted by atomic mass is 35.5. The van der Waals surface area contributed by atoms with Crippen LogP contribution in [0.1, 0.15) is 25.4 Å². The van der Waals surface area contributed by atoms with Crippen molar-refractivity contribution in [3.05, 3.63) is 40.6 Å². The van der Waals surface area contributed by atoms with Gasteiger partial charge in [0.2, 0.25) is 5.82 Å². The molecule has 3 aromatic rings. The molecule has 0 amide bonds. The number of aromatic nitrogens is 4. The Hall–Kier alpha value is -2.54. The Labute approximate surface area is 148 Å². The van der Waals surface area contributed by atoms with Crippen molar-refractivity contribution in [1.29, 1.82) is 0 Å². The van der Waals surface area contributed by atoms with Crippen LogP contribution in [-0.2, 0) is 6.42 Å². The van der Waals surface area contributed by atoms with E-state index in [9.17, 15) is 9.50 Å². The van der Waals surface area contributed by atoms with E-state index in [1.807, 2.05) is 0 Å². The van der Waals surface area contributed by atoms with Gasteiger partial charge >= 0.3 is 0 Å². The Morgan fingerprint density at radius 2 is 1.96 bits per heavy atom. The van der Waals surface area contributed by atoms with Crippen LogP contribution in [0, 0.1) is 18.7 Å². The number of phenols is 1. The van der Waals surface area contributed by atoms with Crippen molar-refractivity contribution in [3.8, 4) is 28.7 Å². The quantitative estimate of drug-likeness (QED) is 0.748. The molecule has 6 nitrogen and oxygen atoms in total. The van der Waals surface area contributed by atoms with Gasteiger partial charge in [0.1, 0.15) is 11.5 Å². The standard InChI is InChI=1S/C17H16ClFN4O2/c1-8(2)4-10-5-14(21-9(3)20-10)17-22-16(23-25-17)11-6-13(19)15(24)7-12(11)18/h5-8,24H,4H2,1-3H3. The van der Waals surface area contributed by atoms with Gasteiger partial charge in [-0.25, -0.2) is 14.4 Å². The Balaban J connectivity index is 1.99. The van der Waals surface area contributed by atoms with Crippen LogP contribution in [-0.4, -0.2) is 25.2 Å². The normalized spacial score (nSPS) is 11.3. The molecule has 0 spiro atoms. The number of hydrogen-bond donors (Lipinski definition) is 1. The number of rotatable bonds is 4. The third kappa shape index (κ3) is 3.76. The summed E-state index contributed by atoms with van der Waals surface area (Å²) in [5, 5.41) is 13.3. The van der Waals surface area contributed by atoms with Gasteiger partial charge in [0.15, 0.2) is 11.6 Å². The Kier molecular flexibility index (Phi) is 4.67. The summed E-state index contributed by atoms with van der Waals surface area (Å²) >= 11 is 6.03. The van der Waals surface area contributed by atoms with Gasteiger partial charge in [-0.2, -0.15) is 4.98 Å². The summed E-state index contributed by atoms with van der Waals surface area (Å²) in [6.45, 7) is 5.99. The van der Waals surface area contributed by atoms with Crippen molar-refractivity contribution in [1.82, 2.24) is 20.1 Å². The molecule has 0 aliphatic carbocycles. The second-order valence-corrected chi connectivity index (χ2v) is 6.50.